The predicted molar refractivity (Wildman–Crippen MR) is 66.6 cm³/mol. The van der Waals surface area contributed by atoms with Crippen LogP contribution in [0.4, 0.5) is 0 Å². The van der Waals surface area contributed by atoms with Crippen molar-refractivity contribution in [1.82, 2.24) is 10.9 Å². The first-order valence-corrected chi connectivity index (χ1v) is 6.12. The molecule has 0 spiro atoms. The van der Waals surface area contributed by atoms with Gasteiger partial charge in [-0.25, -0.2) is 5.43 Å². The number of nitrogens with one attached hydrogen (secondary N) is 2. The number of amides is 1. The molecule has 0 saturated carbocycles. The van der Waals surface area contributed by atoms with Crippen molar-refractivity contribution in [3.63, 3.8) is 0 Å². The number of aliphatic carboxylic acids is 1. The Morgan fingerprint density at radius 2 is 1.94 bits per heavy atom. The Labute approximate surface area is 107 Å². The van der Waals surface area contributed by atoms with Crippen molar-refractivity contribution in [2.75, 3.05) is 5.33 Å². The standard InChI is InChI=1S/C11H13BrN2O3/c12-7-10(15)14-13-9(11(16)17)6-8-4-2-1-3-5-8/h1-5,9,13H,6-7H2,(H,14,15)(H,16,17). The van der Waals surface area contributed by atoms with Crippen LogP contribution in [0.5, 0.6) is 0 Å². The van der Waals surface area contributed by atoms with Crippen LogP contribution in [0.25, 0.3) is 0 Å². The SMILES string of the molecule is O=C(CBr)NNC(Cc1ccccc1)C(=O)O. The van der Waals surface area contributed by atoms with Crippen molar-refractivity contribution >= 4 is 27.8 Å². The van der Waals surface area contributed by atoms with E-state index in [9.17, 15) is 9.59 Å². The number of hydrazine groups is 1. The Balaban J connectivity index is 2.55. The summed E-state index contributed by atoms with van der Waals surface area (Å²) in [5.74, 6) is -1.33. The highest BCUT2D eigenvalue weighted by Crippen LogP contribution is 2.02. The average molecular weight is 301 g/mol. The van der Waals surface area contributed by atoms with E-state index in [0.29, 0.717) is 6.42 Å². The van der Waals surface area contributed by atoms with Crippen LogP contribution in [-0.2, 0) is 16.0 Å². The molecule has 1 atom stereocenters. The average Bonchev–Trinajstić information content (AvgIpc) is 2.34. The summed E-state index contributed by atoms with van der Waals surface area (Å²) in [6.07, 6.45) is 0.304. The van der Waals surface area contributed by atoms with Crippen LogP contribution < -0.4 is 10.9 Å². The van der Waals surface area contributed by atoms with E-state index in [1.165, 1.54) is 0 Å². The lowest BCUT2D eigenvalue weighted by Crippen LogP contribution is -2.49. The molecule has 0 aliphatic carbocycles. The molecule has 1 aromatic rings. The van der Waals surface area contributed by atoms with Crippen molar-refractivity contribution < 1.29 is 14.7 Å². The number of carbonyl (C=O) groups excluding carboxylic acids is 1. The third kappa shape index (κ3) is 4.97. The minimum absolute atomic E-state index is 0.123. The first kappa shape index (κ1) is 13.7. The van der Waals surface area contributed by atoms with E-state index in [-0.39, 0.29) is 11.2 Å². The van der Waals surface area contributed by atoms with Gasteiger partial charge in [-0.2, -0.15) is 0 Å². The maximum absolute atomic E-state index is 11.0. The molecule has 5 nitrogen and oxygen atoms in total. The Morgan fingerprint density at radius 3 is 2.47 bits per heavy atom. The molecule has 17 heavy (non-hydrogen) atoms. The van der Waals surface area contributed by atoms with Crippen molar-refractivity contribution in [2.24, 2.45) is 0 Å². The van der Waals surface area contributed by atoms with Crippen molar-refractivity contribution in [3.05, 3.63) is 35.9 Å². The molecule has 1 unspecified atom stereocenters. The predicted octanol–water partition coefficient (Wildman–Crippen LogP) is 0.698. The second kappa shape index (κ2) is 7.03. The van der Waals surface area contributed by atoms with Crippen LogP contribution in [-0.4, -0.2) is 28.4 Å². The summed E-state index contributed by atoms with van der Waals surface area (Å²) >= 11 is 2.97. The lowest BCUT2D eigenvalue weighted by atomic mass is 10.1. The summed E-state index contributed by atoms with van der Waals surface area (Å²) < 4.78 is 0. The molecule has 0 fully saturated rings. The normalized spacial score (nSPS) is 11.8. The van der Waals surface area contributed by atoms with Gasteiger partial charge in [0.15, 0.2) is 0 Å². The van der Waals surface area contributed by atoms with E-state index in [1.807, 2.05) is 30.3 Å². The third-order valence-corrected chi connectivity index (χ3v) is 2.60. The summed E-state index contributed by atoms with van der Waals surface area (Å²) in [4.78, 5) is 22.0. The van der Waals surface area contributed by atoms with E-state index in [2.05, 4.69) is 26.8 Å². The summed E-state index contributed by atoms with van der Waals surface area (Å²) in [5, 5.41) is 9.12. The molecule has 0 bridgehead atoms. The number of carboxylic acids is 1. The van der Waals surface area contributed by atoms with Gasteiger partial charge in [0.1, 0.15) is 6.04 Å². The lowest BCUT2D eigenvalue weighted by molar-refractivity contribution is -0.140. The number of hydrogen-bond acceptors (Lipinski definition) is 3. The summed E-state index contributed by atoms with van der Waals surface area (Å²) in [6, 6.07) is 8.37. The van der Waals surface area contributed by atoms with Gasteiger partial charge in [0.05, 0.1) is 5.33 Å². The van der Waals surface area contributed by atoms with Crippen LogP contribution in [0.2, 0.25) is 0 Å². The van der Waals surface area contributed by atoms with Gasteiger partial charge in [0, 0.05) is 6.42 Å². The first-order valence-electron chi connectivity index (χ1n) is 5.00. The molecule has 6 heteroatoms. The molecule has 1 amide bonds. The molecular formula is C11H13BrN2O3. The summed E-state index contributed by atoms with van der Waals surface area (Å²) in [6.45, 7) is 0. The fourth-order valence-electron chi connectivity index (χ4n) is 1.25. The third-order valence-electron chi connectivity index (χ3n) is 2.09. The van der Waals surface area contributed by atoms with Crippen LogP contribution in [0, 0.1) is 0 Å². The van der Waals surface area contributed by atoms with Gasteiger partial charge in [0.2, 0.25) is 5.91 Å². The number of benzene rings is 1. The fraction of sp³-hybridized carbons (Fsp3) is 0.273. The van der Waals surface area contributed by atoms with Gasteiger partial charge >= 0.3 is 5.97 Å². The van der Waals surface area contributed by atoms with Crippen LogP contribution in [0.1, 0.15) is 5.56 Å². The Morgan fingerprint density at radius 1 is 1.29 bits per heavy atom. The molecule has 0 aliphatic rings. The number of rotatable bonds is 6. The molecule has 0 aliphatic heterocycles. The lowest BCUT2D eigenvalue weighted by Gasteiger charge is -2.14. The topological polar surface area (TPSA) is 78.4 Å². The van der Waals surface area contributed by atoms with Gasteiger partial charge in [-0.1, -0.05) is 46.3 Å². The number of carbonyl (C=O) groups is 2. The zero-order valence-electron chi connectivity index (χ0n) is 9.02. The van der Waals surface area contributed by atoms with E-state index in [4.69, 9.17) is 5.11 Å². The van der Waals surface area contributed by atoms with Gasteiger partial charge < -0.3 is 5.11 Å². The zero-order chi connectivity index (χ0) is 12.7. The highest BCUT2D eigenvalue weighted by atomic mass is 79.9. The molecule has 0 saturated heterocycles. The molecule has 3 N–H and O–H groups in total. The number of carboxylic acid groups (broad SMARTS) is 1. The number of hydrogen-bond donors (Lipinski definition) is 3. The molecule has 0 aromatic heterocycles. The maximum atomic E-state index is 11.0. The van der Waals surface area contributed by atoms with Crippen molar-refractivity contribution in [3.8, 4) is 0 Å². The van der Waals surface area contributed by atoms with Crippen LogP contribution >= 0.6 is 15.9 Å². The summed E-state index contributed by atoms with van der Waals surface area (Å²) in [5.41, 5.74) is 5.70. The van der Waals surface area contributed by atoms with Crippen LogP contribution in [0.3, 0.4) is 0 Å². The molecule has 1 rings (SSSR count). The highest BCUT2D eigenvalue weighted by molar-refractivity contribution is 9.09. The second-order valence-corrected chi connectivity index (χ2v) is 3.97. The number of alkyl halides is 1. The van der Waals surface area contributed by atoms with E-state index < -0.39 is 12.0 Å². The van der Waals surface area contributed by atoms with E-state index in [0.717, 1.165) is 5.56 Å². The Kier molecular flexibility index (Phi) is 5.65. The monoisotopic (exact) mass is 300 g/mol. The van der Waals surface area contributed by atoms with E-state index >= 15 is 0 Å². The maximum Gasteiger partial charge on any atom is 0.322 e. The molecule has 0 heterocycles. The minimum Gasteiger partial charge on any atom is -0.480 e. The fourth-order valence-corrected chi connectivity index (χ4v) is 1.39. The number of halogens is 1. The van der Waals surface area contributed by atoms with Gasteiger partial charge in [-0.3, -0.25) is 15.0 Å². The van der Waals surface area contributed by atoms with Crippen molar-refractivity contribution in [2.45, 2.75) is 12.5 Å². The molecular weight excluding hydrogens is 288 g/mol. The van der Waals surface area contributed by atoms with Gasteiger partial charge in [-0.15, -0.1) is 0 Å². The van der Waals surface area contributed by atoms with Gasteiger partial charge in [-0.05, 0) is 5.56 Å². The Bertz CT molecular complexity index is 384. The van der Waals surface area contributed by atoms with E-state index in [1.54, 1.807) is 0 Å². The molecule has 1 aromatic carbocycles. The van der Waals surface area contributed by atoms with Gasteiger partial charge in [0.25, 0.3) is 0 Å². The second-order valence-electron chi connectivity index (χ2n) is 3.41. The molecule has 92 valence electrons. The highest BCUT2D eigenvalue weighted by Gasteiger charge is 2.17. The Hall–Kier alpha value is -1.40. The smallest absolute Gasteiger partial charge is 0.322 e. The zero-order valence-corrected chi connectivity index (χ0v) is 10.6. The van der Waals surface area contributed by atoms with Crippen molar-refractivity contribution in [1.29, 1.82) is 0 Å². The minimum atomic E-state index is -1.01. The summed E-state index contributed by atoms with van der Waals surface area (Å²) in [7, 11) is 0. The largest absolute Gasteiger partial charge is 0.480 e. The molecule has 0 radical (unpaired) electrons. The van der Waals surface area contributed by atoms with Crippen LogP contribution in [0.15, 0.2) is 30.3 Å². The quantitative estimate of drug-likeness (QED) is 0.534. The first-order chi connectivity index (χ1) is 8.13.